The van der Waals surface area contributed by atoms with Crippen LogP contribution in [0.15, 0.2) is 36.5 Å². The number of fused-ring (bicyclic) bond motifs is 1. The molecule has 2 aromatic heterocycles. The summed E-state index contributed by atoms with van der Waals surface area (Å²) in [6.45, 7) is 0. The van der Waals surface area contributed by atoms with E-state index in [0.29, 0.717) is 45.1 Å². The summed E-state index contributed by atoms with van der Waals surface area (Å²) in [7, 11) is -0.0376. The van der Waals surface area contributed by atoms with Crippen molar-refractivity contribution < 1.29 is 31.6 Å². The Bertz CT molecular complexity index is 1190. The van der Waals surface area contributed by atoms with Gasteiger partial charge in [-0.15, -0.1) is 0 Å². The van der Waals surface area contributed by atoms with Gasteiger partial charge in [0, 0.05) is 29.3 Å². The zero-order valence-corrected chi connectivity index (χ0v) is 18.5. The van der Waals surface area contributed by atoms with Crippen molar-refractivity contribution in [2.75, 3.05) is 27.1 Å². The Balaban J connectivity index is 2.13. The van der Waals surface area contributed by atoms with Crippen molar-refractivity contribution in [3.05, 3.63) is 42.2 Å². The van der Waals surface area contributed by atoms with Crippen LogP contribution in [0.1, 0.15) is 5.69 Å². The summed E-state index contributed by atoms with van der Waals surface area (Å²) in [4.78, 5) is 8.82. The summed E-state index contributed by atoms with van der Waals surface area (Å²) in [5, 5.41) is 0.561. The third-order valence-electron chi connectivity index (χ3n) is 4.60. The molecule has 0 amide bonds. The molecule has 0 spiro atoms. The van der Waals surface area contributed by atoms with Crippen molar-refractivity contribution in [3.8, 4) is 28.5 Å². The molecule has 31 heavy (non-hydrogen) atoms. The molecule has 0 saturated heterocycles. The highest BCUT2D eigenvalue weighted by Gasteiger charge is 2.41. The first kappa shape index (κ1) is 23.0. The highest BCUT2D eigenvalue weighted by atomic mass is 32.8. The second-order valence-electron chi connectivity index (χ2n) is 6.45. The zero-order chi connectivity index (χ0) is 22.8. The van der Waals surface area contributed by atoms with Gasteiger partial charge >= 0.3 is 5.51 Å². The normalized spacial score (nSPS) is 13.6. The largest absolute Gasteiger partial charge is 0.493 e. The van der Waals surface area contributed by atoms with Gasteiger partial charge in [-0.1, -0.05) is 0 Å². The highest BCUT2D eigenvalue weighted by Crippen LogP contribution is 2.41. The fraction of sp³-hybridized carbons (Fsp3) is 0.300. The highest BCUT2D eigenvalue weighted by molar-refractivity contribution is 8.33. The molecule has 0 bridgehead atoms. The lowest BCUT2D eigenvalue weighted by atomic mass is 10.1. The van der Waals surface area contributed by atoms with Crippen molar-refractivity contribution in [2.24, 2.45) is 0 Å². The second-order valence-corrected chi connectivity index (χ2v) is 10.2. The molecule has 0 aliphatic rings. The van der Waals surface area contributed by atoms with E-state index < -0.39 is 19.8 Å². The van der Waals surface area contributed by atoms with Gasteiger partial charge in [-0.3, -0.25) is 9.97 Å². The third-order valence-corrected chi connectivity index (χ3v) is 7.11. The Kier molecular flexibility index (Phi) is 6.56. The predicted octanol–water partition coefficient (Wildman–Crippen LogP) is 4.13. The lowest BCUT2D eigenvalue weighted by molar-refractivity contribution is -0.0389. The topological polar surface area (TPSA) is 70.5 Å². The van der Waals surface area contributed by atoms with Crippen LogP contribution in [-0.2, 0) is 26.1 Å². The Morgan fingerprint density at radius 1 is 1.06 bits per heavy atom. The molecule has 0 fully saturated rings. The van der Waals surface area contributed by atoms with Gasteiger partial charge in [-0.2, -0.15) is 13.2 Å². The van der Waals surface area contributed by atoms with Crippen LogP contribution in [0.5, 0.6) is 17.2 Å². The molecule has 3 rings (SSSR count). The van der Waals surface area contributed by atoms with Crippen molar-refractivity contribution in [1.82, 2.24) is 9.97 Å². The van der Waals surface area contributed by atoms with Gasteiger partial charge < -0.3 is 14.2 Å². The maximum absolute atomic E-state index is 13.0. The minimum Gasteiger partial charge on any atom is -0.493 e. The van der Waals surface area contributed by atoms with Crippen molar-refractivity contribution in [1.29, 1.82) is 0 Å². The van der Waals surface area contributed by atoms with Crippen LogP contribution in [0.3, 0.4) is 0 Å². The maximum atomic E-state index is 13.0. The zero-order valence-electron chi connectivity index (χ0n) is 16.9. The number of hydrogen-bond donors (Lipinski definition) is 0. The molecule has 1 atom stereocenters. The summed E-state index contributed by atoms with van der Waals surface area (Å²) in [6.07, 6.45) is 1.35. The fourth-order valence-electron chi connectivity index (χ4n) is 3.06. The Hall–Kier alpha value is -2.66. The third kappa shape index (κ3) is 4.67. The van der Waals surface area contributed by atoms with Crippen LogP contribution >= 0.6 is 0 Å². The van der Waals surface area contributed by atoms with E-state index in [9.17, 15) is 17.4 Å². The molecular weight excluding hydrogens is 453 g/mol. The van der Waals surface area contributed by atoms with Crippen LogP contribution in [-0.4, -0.2) is 46.8 Å². The van der Waals surface area contributed by atoms with Crippen molar-refractivity contribution in [2.45, 2.75) is 11.9 Å². The first-order chi connectivity index (χ1) is 14.6. The standard InChI is InChI=1S/C20H19F3N2O4S2/c1-27-17-9-12(10-18(28-2)19(17)29-3)15-11-16-13(5-4-7-24-16)14(25-15)6-8-31(26,30)20(21,22)23/h4-5,7,9-11H,6,8H2,1-3H3. The predicted molar refractivity (Wildman–Crippen MR) is 115 cm³/mol. The first-order valence-electron chi connectivity index (χ1n) is 8.95. The fourth-order valence-corrected chi connectivity index (χ4v) is 4.00. The lowest BCUT2D eigenvalue weighted by Gasteiger charge is -2.15. The van der Waals surface area contributed by atoms with Crippen LogP contribution in [0.2, 0.25) is 0 Å². The Morgan fingerprint density at radius 3 is 2.26 bits per heavy atom. The molecular formula is C20H19F3N2O4S2. The molecule has 0 aliphatic carbocycles. The number of hydrogen-bond acceptors (Lipinski definition) is 7. The van der Waals surface area contributed by atoms with E-state index in [2.05, 4.69) is 21.2 Å². The summed E-state index contributed by atoms with van der Waals surface area (Å²) in [6, 6.07) is 8.40. The number of aromatic nitrogens is 2. The number of benzene rings is 1. The molecule has 0 radical (unpaired) electrons. The average molecular weight is 473 g/mol. The van der Waals surface area contributed by atoms with Gasteiger partial charge in [-0.25, -0.2) is 4.21 Å². The van der Waals surface area contributed by atoms with E-state index in [1.807, 2.05) is 0 Å². The number of pyridine rings is 2. The molecule has 1 aromatic carbocycles. The van der Waals surface area contributed by atoms with Gasteiger partial charge in [-0.05, 0) is 41.5 Å². The van der Waals surface area contributed by atoms with Crippen LogP contribution < -0.4 is 14.2 Å². The summed E-state index contributed by atoms with van der Waals surface area (Å²) >= 11 is 4.33. The second kappa shape index (κ2) is 8.83. The minimum absolute atomic E-state index is 0.220. The van der Waals surface area contributed by atoms with E-state index in [1.54, 1.807) is 36.5 Å². The summed E-state index contributed by atoms with van der Waals surface area (Å²) in [5.74, 6) is 0.435. The smallest absolute Gasteiger partial charge is 0.473 e. The van der Waals surface area contributed by atoms with Gasteiger partial charge in [0.2, 0.25) is 5.75 Å². The van der Waals surface area contributed by atoms with E-state index in [-0.39, 0.29) is 6.42 Å². The van der Waals surface area contributed by atoms with Gasteiger partial charge in [0.15, 0.2) is 11.5 Å². The van der Waals surface area contributed by atoms with E-state index >= 15 is 0 Å². The number of ether oxygens (including phenoxy) is 3. The monoisotopic (exact) mass is 472 g/mol. The van der Waals surface area contributed by atoms with E-state index in [4.69, 9.17) is 14.2 Å². The number of halogens is 3. The molecule has 0 saturated carbocycles. The number of alkyl halides is 3. The SMILES string of the molecule is COc1cc(-c2cc3ncccc3c(CCS(=O)(=S)C(F)(F)F)n2)cc(OC)c1OC. The van der Waals surface area contributed by atoms with E-state index in [1.165, 1.54) is 21.3 Å². The quantitative estimate of drug-likeness (QED) is 0.512. The number of rotatable bonds is 7. The number of aryl methyl sites for hydroxylation is 1. The molecule has 2 heterocycles. The maximum Gasteiger partial charge on any atom is 0.473 e. The van der Waals surface area contributed by atoms with Crippen LogP contribution in [0, 0.1) is 0 Å². The van der Waals surface area contributed by atoms with E-state index in [0.717, 1.165) is 0 Å². The van der Waals surface area contributed by atoms with Gasteiger partial charge in [0.25, 0.3) is 0 Å². The molecule has 6 nitrogen and oxygen atoms in total. The summed E-state index contributed by atoms with van der Waals surface area (Å²) < 4.78 is 66.9. The molecule has 11 heteroatoms. The molecule has 0 N–H and O–H groups in total. The van der Waals surface area contributed by atoms with Crippen LogP contribution in [0.25, 0.3) is 22.2 Å². The lowest BCUT2D eigenvalue weighted by Crippen LogP contribution is -2.26. The average Bonchev–Trinajstić information content (AvgIpc) is 2.75. The van der Waals surface area contributed by atoms with Gasteiger partial charge in [0.1, 0.15) is 8.49 Å². The van der Waals surface area contributed by atoms with Crippen molar-refractivity contribution >= 4 is 30.6 Å². The Morgan fingerprint density at radius 2 is 1.71 bits per heavy atom. The number of nitrogens with zero attached hydrogens (tertiary/aromatic N) is 2. The molecule has 0 aliphatic heterocycles. The Labute approximate surface area is 182 Å². The molecule has 3 aromatic rings. The first-order valence-corrected chi connectivity index (χ1v) is 11.6. The minimum atomic E-state index is -4.95. The molecule has 1 unspecified atom stereocenters. The number of methoxy groups -OCH3 is 3. The van der Waals surface area contributed by atoms with Crippen LogP contribution in [0.4, 0.5) is 13.2 Å². The van der Waals surface area contributed by atoms with Crippen molar-refractivity contribution in [3.63, 3.8) is 0 Å². The summed E-state index contributed by atoms with van der Waals surface area (Å²) in [5.41, 5.74) is -3.10. The van der Waals surface area contributed by atoms with Gasteiger partial charge in [0.05, 0.1) is 38.2 Å². The molecule has 166 valence electrons.